The number of ether oxygens (including phenoxy) is 1. The first kappa shape index (κ1) is 21.3. The van der Waals surface area contributed by atoms with Crippen LogP contribution in [0.25, 0.3) is 6.08 Å². The van der Waals surface area contributed by atoms with E-state index in [-0.39, 0.29) is 29.8 Å². The molecule has 0 saturated carbocycles. The lowest BCUT2D eigenvalue weighted by Gasteiger charge is -2.38. The van der Waals surface area contributed by atoms with E-state index in [0.29, 0.717) is 0 Å². The van der Waals surface area contributed by atoms with Crippen molar-refractivity contribution in [3.05, 3.63) is 42.0 Å². The number of hydrogen-bond donors (Lipinski definition) is 0. The molecule has 0 heterocycles. The minimum Gasteiger partial charge on any atom is -0.469 e. The van der Waals surface area contributed by atoms with E-state index in [2.05, 4.69) is 38.6 Å². The van der Waals surface area contributed by atoms with E-state index < -0.39 is 14.3 Å². The Balaban J connectivity index is 2.91. The lowest BCUT2D eigenvalue weighted by Crippen LogP contribution is -2.44. The summed E-state index contributed by atoms with van der Waals surface area (Å²) in [6.07, 6.45) is 3.49. The van der Waals surface area contributed by atoms with Crippen molar-refractivity contribution >= 4 is 26.1 Å². The summed E-state index contributed by atoms with van der Waals surface area (Å²) in [4.78, 5) is 23.5. The van der Waals surface area contributed by atoms with Crippen molar-refractivity contribution in [3.8, 4) is 0 Å². The van der Waals surface area contributed by atoms with Crippen LogP contribution in [0.1, 0.15) is 39.2 Å². The Bertz CT molecular complexity index is 600. The number of ketones is 1. The lowest BCUT2D eigenvalue weighted by atomic mass is 10.1. The molecule has 138 valence electrons. The summed E-state index contributed by atoms with van der Waals surface area (Å²) < 4.78 is 11.0. The number of hydrogen-bond acceptors (Lipinski definition) is 4. The maximum atomic E-state index is 12.2. The van der Waals surface area contributed by atoms with Crippen LogP contribution >= 0.6 is 0 Å². The number of Topliss-reactive ketones (excluding diaryl/α,β-unsaturated/α-hetero) is 1. The second-order valence-electron chi connectivity index (χ2n) is 7.68. The Hall–Kier alpha value is -1.72. The van der Waals surface area contributed by atoms with Crippen LogP contribution in [0.4, 0.5) is 0 Å². The number of rotatable bonds is 8. The molecule has 1 atom stereocenters. The standard InChI is InChI=1S/C20H30O4Si/c1-20(2,3)25(5,6)24-18(14-17(21)15-19(22)23-4)13-12-16-10-8-7-9-11-16/h7-13,18H,14-15H2,1-6H3/b13-12+/t18-/m0/s1. The van der Waals surface area contributed by atoms with Crippen LogP contribution in [0.15, 0.2) is 36.4 Å². The molecule has 0 spiro atoms. The lowest BCUT2D eigenvalue weighted by molar-refractivity contribution is -0.143. The normalized spacial score (nSPS) is 13.7. The van der Waals surface area contributed by atoms with Gasteiger partial charge in [0, 0.05) is 6.42 Å². The van der Waals surface area contributed by atoms with Crippen LogP contribution < -0.4 is 0 Å². The van der Waals surface area contributed by atoms with Crippen LogP contribution in [0.3, 0.4) is 0 Å². The van der Waals surface area contributed by atoms with E-state index in [4.69, 9.17) is 4.43 Å². The molecule has 0 aliphatic carbocycles. The SMILES string of the molecule is COC(=O)CC(=O)C[C@H](/C=C/c1ccccc1)O[Si](C)(C)C(C)(C)C. The predicted octanol–water partition coefficient (Wildman–Crippen LogP) is 4.61. The van der Waals surface area contributed by atoms with E-state index in [9.17, 15) is 9.59 Å². The molecule has 1 aromatic rings. The third-order valence-electron chi connectivity index (χ3n) is 4.55. The zero-order chi connectivity index (χ0) is 19.1. The smallest absolute Gasteiger partial charge is 0.313 e. The largest absolute Gasteiger partial charge is 0.469 e. The number of carbonyl (C=O) groups is 2. The van der Waals surface area contributed by atoms with Crippen molar-refractivity contribution in [2.75, 3.05) is 7.11 Å². The molecule has 0 saturated heterocycles. The number of carbonyl (C=O) groups excluding carboxylic acids is 2. The minimum atomic E-state index is -2.04. The van der Waals surface area contributed by atoms with Gasteiger partial charge in [-0.2, -0.15) is 0 Å². The molecule has 0 unspecified atom stereocenters. The van der Waals surface area contributed by atoms with Crippen LogP contribution in [-0.2, 0) is 18.8 Å². The van der Waals surface area contributed by atoms with Gasteiger partial charge in [0.25, 0.3) is 0 Å². The summed E-state index contributed by atoms with van der Waals surface area (Å²) in [5.41, 5.74) is 1.05. The first-order valence-electron chi connectivity index (χ1n) is 8.55. The zero-order valence-electron chi connectivity index (χ0n) is 16.2. The average Bonchev–Trinajstić information content (AvgIpc) is 2.52. The third-order valence-corrected chi connectivity index (χ3v) is 9.06. The van der Waals surface area contributed by atoms with Crippen LogP contribution in [0.2, 0.25) is 18.1 Å². The van der Waals surface area contributed by atoms with Gasteiger partial charge in [-0.05, 0) is 23.7 Å². The van der Waals surface area contributed by atoms with Crippen molar-refractivity contribution in [3.63, 3.8) is 0 Å². The first-order valence-corrected chi connectivity index (χ1v) is 11.5. The number of esters is 1. The van der Waals surface area contributed by atoms with Crippen molar-refractivity contribution in [2.45, 2.75) is 57.8 Å². The number of benzene rings is 1. The van der Waals surface area contributed by atoms with E-state index >= 15 is 0 Å². The summed E-state index contributed by atoms with van der Waals surface area (Å²) in [5.74, 6) is -0.684. The monoisotopic (exact) mass is 362 g/mol. The van der Waals surface area contributed by atoms with E-state index in [0.717, 1.165) is 5.56 Å². The fourth-order valence-electron chi connectivity index (χ4n) is 2.02. The topological polar surface area (TPSA) is 52.6 Å². The average molecular weight is 363 g/mol. The Kier molecular flexibility index (Phi) is 7.77. The highest BCUT2D eigenvalue weighted by Gasteiger charge is 2.39. The molecule has 0 fully saturated rings. The molecule has 1 aromatic carbocycles. The molecular formula is C20H30O4Si. The summed E-state index contributed by atoms with van der Waals surface area (Å²) in [5, 5.41) is 0.0389. The number of methoxy groups -OCH3 is 1. The van der Waals surface area contributed by atoms with Crippen LogP contribution in [0.5, 0.6) is 0 Å². The molecule has 1 rings (SSSR count). The molecule has 0 radical (unpaired) electrons. The zero-order valence-corrected chi connectivity index (χ0v) is 17.2. The highest BCUT2D eigenvalue weighted by Crippen LogP contribution is 2.37. The molecule has 0 N–H and O–H groups in total. The maximum Gasteiger partial charge on any atom is 0.313 e. The van der Waals surface area contributed by atoms with Gasteiger partial charge in [0.05, 0.1) is 13.2 Å². The predicted molar refractivity (Wildman–Crippen MR) is 104 cm³/mol. The molecule has 0 bridgehead atoms. The fraction of sp³-hybridized carbons (Fsp3) is 0.500. The highest BCUT2D eigenvalue weighted by atomic mass is 28.4. The van der Waals surface area contributed by atoms with Gasteiger partial charge in [0.2, 0.25) is 0 Å². The van der Waals surface area contributed by atoms with Crippen molar-refractivity contribution in [1.82, 2.24) is 0 Å². The second kappa shape index (κ2) is 9.11. The Morgan fingerprint density at radius 1 is 1.16 bits per heavy atom. The third kappa shape index (κ3) is 7.36. The van der Waals surface area contributed by atoms with Gasteiger partial charge < -0.3 is 9.16 Å². The first-order chi connectivity index (χ1) is 11.5. The fourth-order valence-corrected chi connectivity index (χ4v) is 3.29. The summed E-state index contributed by atoms with van der Waals surface area (Å²) in [6, 6.07) is 9.88. The van der Waals surface area contributed by atoms with Gasteiger partial charge in [-0.25, -0.2) is 0 Å². The Morgan fingerprint density at radius 3 is 2.28 bits per heavy atom. The molecule has 5 heteroatoms. The van der Waals surface area contributed by atoms with Gasteiger partial charge in [-0.15, -0.1) is 0 Å². The van der Waals surface area contributed by atoms with Crippen molar-refractivity contribution < 1.29 is 18.8 Å². The van der Waals surface area contributed by atoms with Gasteiger partial charge >= 0.3 is 5.97 Å². The van der Waals surface area contributed by atoms with Crippen LogP contribution in [-0.4, -0.2) is 33.3 Å². The van der Waals surface area contributed by atoms with Crippen molar-refractivity contribution in [1.29, 1.82) is 0 Å². The molecule has 0 aliphatic rings. The van der Waals surface area contributed by atoms with Gasteiger partial charge in [-0.1, -0.05) is 63.3 Å². The Morgan fingerprint density at radius 2 is 1.76 bits per heavy atom. The van der Waals surface area contributed by atoms with Crippen molar-refractivity contribution in [2.24, 2.45) is 0 Å². The summed E-state index contributed by atoms with van der Waals surface area (Å²) in [7, 11) is -0.755. The quantitative estimate of drug-likeness (QED) is 0.385. The molecule has 0 amide bonds. The Labute approximate surface area is 152 Å². The molecule has 25 heavy (non-hydrogen) atoms. The summed E-state index contributed by atoms with van der Waals surface area (Å²) >= 11 is 0. The second-order valence-corrected chi connectivity index (χ2v) is 12.4. The van der Waals surface area contributed by atoms with Gasteiger partial charge in [0.1, 0.15) is 12.2 Å². The van der Waals surface area contributed by atoms with Gasteiger partial charge in [-0.3, -0.25) is 9.59 Å². The van der Waals surface area contributed by atoms with E-state index in [1.54, 1.807) is 0 Å². The van der Waals surface area contributed by atoms with E-state index in [1.807, 2.05) is 42.5 Å². The highest BCUT2D eigenvalue weighted by molar-refractivity contribution is 6.74. The molecule has 0 aliphatic heterocycles. The van der Waals surface area contributed by atoms with Crippen LogP contribution in [0, 0.1) is 0 Å². The van der Waals surface area contributed by atoms with Gasteiger partial charge in [0.15, 0.2) is 8.32 Å². The molecule has 4 nitrogen and oxygen atoms in total. The van der Waals surface area contributed by atoms with E-state index in [1.165, 1.54) is 7.11 Å². The summed E-state index contributed by atoms with van der Waals surface area (Å²) in [6.45, 7) is 10.8. The molecule has 0 aromatic heterocycles. The minimum absolute atomic E-state index is 0.0389. The maximum absolute atomic E-state index is 12.2. The molecular weight excluding hydrogens is 332 g/mol.